The average molecular weight is 250 g/mol. The minimum absolute atomic E-state index is 0.0872. The van der Waals surface area contributed by atoms with Crippen LogP contribution in [-0.4, -0.2) is 15.5 Å². The first-order valence-corrected chi connectivity index (χ1v) is 5.53. The molecule has 0 bridgehead atoms. The van der Waals surface area contributed by atoms with E-state index in [9.17, 15) is 4.79 Å². The topological polar surface area (TPSA) is 46.9 Å². The summed E-state index contributed by atoms with van der Waals surface area (Å²) in [5, 5.41) is 3.41. The van der Waals surface area contributed by atoms with Crippen molar-refractivity contribution in [2.45, 2.75) is 6.42 Å². The standard InChI is InChI=1S/C12H12ClN3O/c1-16-8-14-7-11(16)15-12(17)6-9-3-2-4-10(13)5-9/h2-5,7-8H,6H2,1H3,(H,15,17). The Labute approximate surface area is 104 Å². The molecule has 1 amide bonds. The molecule has 0 atom stereocenters. The molecule has 0 aliphatic carbocycles. The van der Waals surface area contributed by atoms with Crippen LogP contribution in [0.2, 0.25) is 5.02 Å². The van der Waals surface area contributed by atoms with Crippen LogP contribution in [-0.2, 0) is 18.3 Å². The number of aromatic nitrogens is 2. The molecule has 1 heterocycles. The molecule has 4 nitrogen and oxygen atoms in total. The average Bonchev–Trinajstić information content (AvgIpc) is 2.64. The van der Waals surface area contributed by atoms with E-state index in [0.717, 1.165) is 5.56 Å². The fourth-order valence-electron chi connectivity index (χ4n) is 1.50. The molecule has 0 saturated carbocycles. The van der Waals surface area contributed by atoms with Gasteiger partial charge in [-0.05, 0) is 17.7 Å². The van der Waals surface area contributed by atoms with E-state index in [-0.39, 0.29) is 5.91 Å². The number of amides is 1. The van der Waals surface area contributed by atoms with E-state index in [0.29, 0.717) is 17.3 Å². The molecule has 0 saturated heterocycles. The lowest BCUT2D eigenvalue weighted by atomic mass is 10.1. The molecule has 2 aromatic rings. The molecule has 2 rings (SSSR count). The number of imidazole rings is 1. The Morgan fingerprint density at radius 3 is 3.00 bits per heavy atom. The van der Waals surface area contributed by atoms with Crippen molar-refractivity contribution in [2.75, 3.05) is 5.32 Å². The molecular weight excluding hydrogens is 238 g/mol. The molecule has 0 spiro atoms. The maximum absolute atomic E-state index is 11.7. The van der Waals surface area contributed by atoms with Crippen molar-refractivity contribution in [2.24, 2.45) is 7.05 Å². The number of nitrogens with zero attached hydrogens (tertiary/aromatic N) is 2. The van der Waals surface area contributed by atoms with Crippen LogP contribution in [0.5, 0.6) is 0 Å². The largest absolute Gasteiger partial charge is 0.320 e. The highest BCUT2D eigenvalue weighted by molar-refractivity contribution is 6.30. The number of carbonyl (C=O) groups is 1. The first-order valence-electron chi connectivity index (χ1n) is 5.16. The second-order valence-corrected chi connectivity index (χ2v) is 4.18. The van der Waals surface area contributed by atoms with Gasteiger partial charge in [0.15, 0.2) is 0 Å². The van der Waals surface area contributed by atoms with Crippen LogP contribution in [0, 0.1) is 0 Å². The molecule has 0 aliphatic rings. The summed E-state index contributed by atoms with van der Waals surface area (Å²) in [5.74, 6) is 0.591. The van der Waals surface area contributed by atoms with Gasteiger partial charge in [-0.25, -0.2) is 4.98 Å². The highest BCUT2D eigenvalue weighted by Gasteiger charge is 2.06. The van der Waals surface area contributed by atoms with Crippen LogP contribution in [0.15, 0.2) is 36.8 Å². The fourth-order valence-corrected chi connectivity index (χ4v) is 1.71. The number of nitrogens with one attached hydrogen (secondary N) is 1. The van der Waals surface area contributed by atoms with Crippen molar-refractivity contribution in [1.82, 2.24) is 9.55 Å². The van der Waals surface area contributed by atoms with E-state index < -0.39 is 0 Å². The minimum Gasteiger partial charge on any atom is -0.320 e. The Morgan fingerprint density at radius 1 is 1.53 bits per heavy atom. The van der Waals surface area contributed by atoms with Crippen molar-refractivity contribution in [3.05, 3.63) is 47.4 Å². The number of carbonyl (C=O) groups excluding carboxylic acids is 1. The van der Waals surface area contributed by atoms with Gasteiger partial charge < -0.3 is 9.88 Å². The Bertz CT molecular complexity index is 536. The third-order valence-corrected chi connectivity index (χ3v) is 2.57. The number of benzene rings is 1. The molecule has 88 valence electrons. The van der Waals surface area contributed by atoms with E-state index in [1.165, 1.54) is 0 Å². The molecule has 1 aromatic heterocycles. The Kier molecular flexibility index (Phi) is 3.44. The van der Waals surface area contributed by atoms with Gasteiger partial charge in [-0.1, -0.05) is 23.7 Å². The number of hydrogen-bond donors (Lipinski definition) is 1. The lowest BCUT2D eigenvalue weighted by Crippen LogP contribution is -2.16. The van der Waals surface area contributed by atoms with Crippen molar-refractivity contribution < 1.29 is 4.79 Å². The van der Waals surface area contributed by atoms with E-state index in [2.05, 4.69) is 10.3 Å². The summed E-state index contributed by atoms with van der Waals surface area (Å²) in [6.45, 7) is 0. The maximum Gasteiger partial charge on any atom is 0.229 e. The van der Waals surface area contributed by atoms with Crippen LogP contribution in [0.4, 0.5) is 5.82 Å². The van der Waals surface area contributed by atoms with Gasteiger partial charge in [-0.3, -0.25) is 4.79 Å². The third-order valence-electron chi connectivity index (χ3n) is 2.34. The van der Waals surface area contributed by atoms with Crippen LogP contribution in [0.25, 0.3) is 0 Å². The zero-order valence-electron chi connectivity index (χ0n) is 9.35. The van der Waals surface area contributed by atoms with Crippen molar-refractivity contribution >= 4 is 23.3 Å². The van der Waals surface area contributed by atoms with Crippen LogP contribution >= 0.6 is 11.6 Å². The summed E-state index contributed by atoms with van der Waals surface area (Å²) in [6, 6.07) is 7.26. The number of aryl methyl sites for hydroxylation is 1. The monoisotopic (exact) mass is 249 g/mol. The fraction of sp³-hybridized carbons (Fsp3) is 0.167. The summed E-state index contributed by atoms with van der Waals surface area (Å²) in [4.78, 5) is 15.7. The van der Waals surface area contributed by atoms with Gasteiger partial charge in [0.2, 0.25) is 5.91 Å². The normalized spacial score (nSPS) is 10.2. The quantitative estimate of drug-likeness (QED) is 0.907. The molecule has 0 aliphatic heterocycles. The number of halogens is 1. The maximum atomic E-state index is 11.7. The smallest absolute Gasteiger partial charge is 0.229 e. The van der Waals surface area contributed by atoms with E-state index in [1.807, 2.05) is 19.2 Å². The van der Waals surface area contributed by atoms with Gasteiger partial charge in [0.25, 0.3) is 0 Å². The van der Waals surface area contributed by atoms with Crippen molar-refractivity contribution in [3.8, 4) is 0 Å². The minimum atomic E-state index is -0.0872. The summed E-state index contributed by atoms with van der Waals surface area (Å²) in [6.07, 6.45) is 3.54. The lowest BCUT2D eigenvalue weighted by Gasteiger charge is -2.05. The highest BCUT2D eigenvalue weighted by atomic mass is 35.5. The van der Waals surface area contributed by atoms with E-state index in [4.69, 9.17) is 11.6 Å². The van der Waals surface area contributed by atoms with Crippen LogP contribution in [0.1, 0.15) is 5.56 Å². The highest BCUT2D eigenvalue weighted by Crippen LogP contribution is 2.12. The zero-order valence-corrected chi connectivity index (χ0v) is 10.1. The summed E-state index contributed by atoms with van der Waals surface area (Å²) in [5.41, 5.74) is 0.886. The molecule has 17 heavy (non-hydrogen) atoms. The number of rotatable bonds is 3. The molecule has 0 fully saturated rings. The summed E-state index contributed by atoms with van der Waals surface area (Å²) in [7, 11) is 1.82. The molecule has 1 N–H and O–H groups in total. The van der Waals surface area contributed by atoms with Gasteiger partial charge in [-0.2, -0.15) is 0 Å². The van der Waals surface area contributed by atoms with Gasteiger partial charge in [0.05, 0.1) is 18.9 Å². The van der Waals surface area contributed by atoms with Gasteiger partial charge in [0, 0.05) is 12.1 Å². The van der Waals surface area contributed by atoms with E-state index >= 15 is 0 Å². The van der Waals surface area contributed by atoms with Gasteiger partial charge >= 0.3 is 0 Å². The first kappa shape index (κ1) is 11.7. The zero-order chi connectivity index (χ0) is 12.3. The second kappa shape index (κ2) is 5.01. The van der Waals surface area contributed by atoms with Gasteiger partial charge in [0.1, 0.15) is 5.82 Å². The first-order chi connectivity index (χ1) is 8.15. The van der Waals surface area contributed by atoms with Crippen LogP contribution < -0.4 is 5.32 Å². The predicted molar refractivity (Wildman–Crippen MR) is 67.0 cm³/mol. The van der Waals surface area contributed by atoms with Crippen molar-refractivity contribution in [3.63, 3.8) is 0 Å². The molecule has 0 unspecified atom stereocenters. The molecule has 5 heteroatoms. The summed E-state index contributed by atoms with van der Waals surface area (Å²) >= 11 is 5.85. The number of anilines is 1. The second-order valence-electron chi connectivity index (χ2n) is 3.74. The molecule has 1 aromatic carbocycles. The third kappa shape index (κ3) is 3.07. The van der Waals surface area contributed by atoms with E-state index in [1.54, 1.807) is 29.2 Å². The SMILES string of the molecule is Cn1cncc1NC(=O)Cc1cccc(Cl)c1. The molecular formula is C12H12ClN3O. The predicted octanol–water partition coefficient (Wildman–Crippen LogP) is 2.25. The van der Waals surface area contributed by atoms with Crippen LogP contribution in [0.3, 0.4) is 0 Å². The summed E-state index contributed by atoms with van der Waals surface area (Å²) < 4.78 is 1.75. The Balaban J connectivity index is 2.01. The van der Waals surface area contributed by atoms with Crippen molar-refractivity contribution in [1.29, 1.82) is 0 Å². The molecule has 0 radical (unpaired) electrons. The van der Waals surface area contributed by atoms with Gasteiger partial charge in [-0.15, -0.1) is 0 Å². The Morgan fingerprint density at radius 2 is 2.35 bits per heavy atom. The Hall–Kier alpha value is -1.81. The number of hydrogen-bond acceptors (Lipinski definition) is 2. The lowest BCUT2D eigenvalue weighted by molar-refractivity contribution is -0.115.